The molecule has 0 aromatic carbocycles. The minimum atomic E-state index is -4.57. The summed E-state index contributed by atoms with van der Waals surface area (Å²) in [6.45, 7) is 3.40. The first-order chi connectivity index (χ1) is 10.0. The third-order valence-electron chi connectivity index (χ3n) is 3.18. The van der Waals surface area contributed by atoms with Gasteiger partial charge in [-0.05, 0) is 17.9 Å². The zero-order chi connectivity index (χ0) is 17.0. The number of carbonyl (C=O) groups is 1. The van der Waals surface area contributed by atoms with Gasteiger partial charge in [-0.15, -0.1) is 0 Å². The van der Waals surface area contributed by atoms with Crippen LogP contribution in [0.3, 0.4) is 0 Å². The fourth-order valence-corrected chi connectivity index (χ4v) is 1.76. The van der Waals surface area contributed by atoms with Gasteiger partial charge in [-0.3, -0.25) is 9.59 Å². The molecule has 22 heavy (non-hydrogen) atoms. The number of alkyl halides is 3. The van der Waals surface area contributed by atoms with Gasteiger partial charge in [-0.2, -0.15) is 13.2 Å². The molecular weight excluding hydrogens is 301 g/mol. The molecule has 0 bridgehead atoms. The molecule has 1 heterocycles. The standard InChI is InChI=1S/C14H19F3N2O3/c1-13(2,5-6-20)9-18-11(21)8-19-7-10(14(15,16)17)3-4-12(19)22/h3-4,7,20H,5-6,8-9H2,1-2H3,(H,18,21). The molecule has 0 aliphatic rings. The summed E-state index contributed by atoms with van der Waals surface area (Å²) in [6.07, 6.45) is -3.48. The average molecular weight is 320 g/mol. The fraction of sp³-hybridized carbons (Fsp3) is 0.571. The van der Waals surface area contributed by atoms with Gasteiger partial charge in [0.1, 0.15) is 6.54 Å². The van der Waals surface area contributed by atoms with Gasteiger partial charge < -0.3 is 15.0 Å². The zero-order valence-electron chi connectivity index (χ0n) is 12.4. The van der Waals surface area contributed by atoms with Crippen LogP contribution in [0.25, 0.3) is 0 Å². The molecule has 0 unspecified atom stereocenters. The van der Waals surface area contributed by atoms with Crippen molar-refractivity contribution in [3.8, 4) is 0 Å². The Morgan fingerprint density at radius 3 is 2.50 bits per heavy atom. The highest BCUT2D eigenvalue weighted by molar-refractivity contribution is 5.75. The molecule has 0 spiro atoms. The second-order valence-electron chi connectivity index (χ2n) is 5.80. The lowest BCUT2D eigenvalue weighted by Crippen LogP contribution is -2.38. The maximum absolute atomic E-state index is 12.6. The van der Waals surface area contributed by atoms with Gasteiger partial charge in [0.25, 0.3) is 5.56 Å². The van der Waals surface area contributed by atoms with Gasteiger partial charge in [0.05, 0.1) is 5.56 Å². The molecule has 0 saturated carbocycles. The van der Waals surface area contributed by atoms with E-state index in [0.29, 0.717) is 18.7 Å². The highest BCUT2D eigenvalue weighted by Crippen LogP contribution is 2.28. The number of nitrogens with one attached hydrogen (secondary N) is 1. The van der Waals surface area contributed by atoms with Crippen molar-refractivity contribution in [2.75, 3.05) is 13.2 Å². The van der Waals surface area contributed by atoms with Crippen LogP contribution in [0.15, 0.2) is 23.1 Å². The Hall–Kier alpha value is -1.83. The summed E-state index contributed by atoms with van der Waals surface area (Å²) in [5, 5.41) is 11.4. The predicted molar refractivity (Wildman–Crippen MR) is 74.2 cm³/mol. The van der Waals surface area contributed by atoms with Crippen LogP contribution in [0.1, 0.15) is 25.8 Å². The number of hydrogen-bond donors (Lipinski definition) is 2. The summed E-state index contributed by atoms with van der Waals surface area (Å²) in [6, 6.07) is 1.47. The molecule has 0 fully saturated rings. The molecule has 8 heteroatoms. The quantitative estimate of drug-likeness (QED) is 0.832. The summed E-state index contributed by atoms with van der Waals surface area (Å²) in [7, 11) is 0. The Kier molecular flexibility index (Phi) is 5.76. The number of aliphatic hydroxyl groups is 1. The van der Waals surface area contributed by atoms with Crippen molar-refractivity contribution in [3.63, 3.8) is 0 Å². The largest absolute Gasteiger partial charge is 0.417 e. The molecule has 0 aliphatic heterocycles. The van der Waals surface area contributed by atoms with Crippen LogP contribution in [0.5, 0.6) is 0 Å². The van der Waals surface area contributed by atoms with Crippen LogP contribution in [-0.2, 0) is 17.5 Å². The molecule has 0 aliphatic carbocycles. The van der Waals surface area contributed by atoms with E-state index in [9.17, 15) is 22.8 Å². The first-order valence-electron chi connectivity index (χ1n) is 6.70. The number of halogens is 3. The molecule has 2 N–H and O–H groups in total. The lowest BCUT2D eigenvalue weighted by atomic mass is 9.90. The number of carbonyl (C=O) groups excluding carboxylic acids is 1. The van der Waals surface area contributed by atoms with E-state index in [1.807, 2.05) is 13.8 Å². The van der Waals surface area contributed by atoms with E-state index in [4.69, 9.17) is 5.11 Å². The SMILES string of the molecule is CC(C)(CCO)CNC(=O)Cn1cc(C(F)(F)F)ccc1=O. The molecule has 5 nitrogen and oxygen atoms in total. The van der Waals surface area contributed by atoms with E-state index in [2.05, 4.69) is 5.32 Å². The van der Waals surface area contributed by atoms with E-state index < -0.39 is 29.8 Å². The van der Waals surface area contributed by atoms with Crippen LogP contribution in [-0.4, -0.2) is 28.7 Å². The number of aliphatic hydroxyl groups excluding tert-OH is 1. The van der Waals surface area contributed by atoms with E-state index >= 15 is 0 Å². The van der Waals surface area contributed by atoms with Gasteiger partial charge in [0.15, 0.2) is 0 Å². The topological polar surface area (TPSA) is 71.3 Å². The molecule has 0 atom stereocenters. The third-order valence-corrected chi connectivity index (χ3v) is 3.18. The second-order valence-corrected chi connectivity index (χ2v) is 5.80. The molecule has 0 saturated heterocycles. The van der Waals surface area contributed by atoms with E-state index in [1.165, 1.54) is 0 Å². The normalized spacial score (nSPS) is 12.3. The summed E-state index contributed by atoms with van der Waals surface area (Å²) in [5.74, 6) is -0.563. The smallest absolute Gasteiger partial charge is 0.396 e. The number of pyridine rings is 1. The van der Waals surface area contributed by atoms with E-state index in [-0.39, 0.29) is 18.6 Å². The Morgan fingerprint density at radius 1 is 1.32 bits per heavy atom. The van der Waals surface area contributed by atoms with Gasteiger partial charge in [0, 0.05) is 25.4 Å². The maximum atomic E-state index is 12.6. The molecular formula is C14H19F3N2O3. The summed E-state index contributed by atoms with van der Waals surface area (Å²) < 4.78 is 38.5. The molecule has 124 valence electrons. The second kappa shape index (κ2) is 6.95. The first-order valence-corrected chi connectivity index (χ1v) is 6.70. The first kappa shape index (κ1) is 18.2. The lowest BCUT2D eigenvalue weighted by Gasteiger charge is -2.23. The monoisotopic (exact) mass is 320 g/mol. The number of nitrogens with zero attached hydrogens (tertiary/aromatic N) is 1. The lowest BCUT2D eigenvalue weighted by molar-refractivity contribution is -0.138. The van der Waals surface area contributed by atoms with Gasteiger partial charge in [0.2, 0.25) is 5.91 Å². The van der Waals surface area contributed by atoms with E-state index in [0.717, 1.165) is 10.6 Å². The van der Waals surface area contributed by atoms with E-state index in [1.54, 1.807) is 0 Å². The van der Waals surface area contributed by atoms with Crippen LogP contribution < -0.4 is 10.9 Å². The number of rotatable bonds is 6. The number of amides is 1. The highest BCUT2D eigenvalue weighted by atomic mass is 19.4. The highest BCUT2D eigenvalue weighted by Gasteiger charge is 2.31. The van der Waals surface area contributed by atoms with Crippen molar-refractivity contribution in [1.82, 2.24) is 9.88 Å². The van der Waals surface area contributed by atoms with Gasteiger partial charge in [-0.25, -0.2) is 0 Å². The molecule has 0 radical (unpaired) electrons. The Morgan fingerprint density at radius 2 is 1.95 bits per heavy atom. The van der Waals surface area contributed by atoms with Crippen LogP contribution in [0.4, 0.5) is 13.2 Å². The van der Waals surface area contributed by atoms with Crippen LogP contribution in [0.2, 0.25) is 0 Å². The maximum Gasteiger partial charge on any atom is 0.417 e. The minimum absolute atomic E-state index is 0.0318. The summed E-state index contributed by atoms with van der Waals surface area (Å²) in [4.78, 5) is 23.3. The third kappa shape index (κ3) is 5.51. The average Bonchev–Trinajstić information content (AvgIpc) is 2.38. The fourth-order valence-electron chi connectivity index (χ4n) is 1.76. The Bertz CT molecular complexity index is 579. The van der Waals surface area contributed by atoms with Gasteiger partial charge in [-0.1, -0.05) is 13.8 Å². The zero-order valence-corrected chi connectivity index (χ0v) is 12.4. The van der Waals surface area contributed by atoms with Crippen molar-refractivity contribution >= 4 is 5.91 Å². The van der Waals surface area contributed by atoms with Gasteiger partial charge >= 0.3 is 6.18 Å². The molecule has 1 amide bonds. The van der Waals surface area contributed by atoms with Crippen molar-refractivity contribution in [3.05, 3.63) is 34.2 Å². The van der Waals surface area contributed by atoms with Crippen LogP contribution in [0, 0.1) is 5.41 Å². The van der Waals surface area contributed by atoms with Crippen molar-refractivity contribution in [1.29, 1.82) is 0 Å². The molecule has 1 aromatic rings. The van der Waals surface area contributed by atoms with Crippen molar-refractivity contribution < 1.29 is 23.1 Å². The van der Waals surface area contributed by atoms with Crippen molar-refractivity contribution in [2.45, 2.75) is 33.0 Å². The summed E-state index contributed by atoms with van der Waals surface area (Å²) >= 11 is 0. The predicted octanol–water partition coefficient (Wildman–Crippen LogP) is 1.39. The summed E-state index contributed by atoms with van der Waals surface area (Å²) in [5.41, 5.74) is -2.01. The Balaban J connectivity index is 2.74. The molecule has 1 rings (SSSR count). The van der Waals surface area contributed by atoms with Crippen LogP contribution >= 0.6 is 0 Å². The minimum Gasteiger partial charge on any atom is -0.396 e. The number of aromatic nitrogens is 1. The number of hydrogen-bond acceptors (Lipinski definition) is 3. The molecule has 1 aromatic heterocycles. The van der Waals surface area contributed by atoms with Crippen molar-refractivity contribution in [2.24, 2.45) is 5.41 Å². The Labute approximate surface area is 125 Å².